The number of piperidine rings is 1. The van der Waals surface area contributed by atoms with Gasteiger partial charge in [0.1, 0.15) is 5.82 Å². The number of nitrogens with one attached hydrogen (secondary N) is 1. The minimum atomic E-state index is 0.137. The largest absolute Gasteiger partial charge is 0.357 e. The quantitative estimate of drug-likeness (QED) is 0.904. The molecule has 0 atom stereocenters. The number of carbonyl (C=O) groups excluding carboxylic acids is 1. The van der Waals surface area contributed by atoms with E-state index < -0.39 is 0 Å². The predicted molar refractivity (Wildman–Crippen MR) is 92.9 cm³/mol. The minimum Gasteiger partial charge on any atom is -0.357 e. The number of amides is 1. The van der Waals surface area contributed by atoms with Gasteiger partial charge in [0.2, 0.25) is 0 Å². The molecule has 0 saturated carbocycles. The fourth-order valence-corrected chi connectivity index (χ4v) is 3.60. The Morgan fingerprint density at radius 1 is 1.22 bits per heavy atom. The molecule has 5 heteroatoms. The molecule has 1 aromatic rings. The minimum absolute atomic E-state index is 0.137. The van der Waals surface area contributed by atoms with Crippen molar-refractivity contribution in [3.05, 3.63) is 23.9 Å². The number of hydrogen-bond donors (Lipinski definition) is 1. The maximum atomic E-state index is 12.6. The maximum absolute atomic E-state index is 12.6. The van der Waals surface area contributed by atoms with E-state index in [-0.39, 0.29) is 5.91 Å². The molecule has 3 heterocycles. The molecule has 0 unspecified atom stereocenters. The van der Waals surface area contributed by atoms with Gasteiger partial charge in [-0.3, -0.25) is 4.79 Å². The fourth-order valence-electron chi connectivity index (χ4n) is 3.60. The average molecular weight is 316 g/mol. The van der Waals surface area contributed by atoms with Crippen LogP contribution in [0.1, 0.15) is 42.5 Å². The Bertz CT molecular complexity index is 502. The van der Waals surface area contributed by atoms with Gasteiger partial charge in [0, 0.05) is 32.4 Å². The van der Waals surface area contributed by atoms with Gasteiger partial charge in [0.25, 0.3) is 5.91 Å². The van der Waals surface area contributed by atoms with E-state index in [2.05, 4.69) is 15.2 Å². The number of likely N-dealkylation sites (tertiary alicyclic amines) is 1. The van der Waals surface area contributed by atoms with Gasteiger partial charge < -0.3 is 15.1 Å². The summed E-state index contributed by atoms with van der Waals surface area (Å²) in [7, 11) is 2.00. The first-order chi connectivity index (χ1) is 11.3. The summed E-state index contributed by atoms with van der Waals surface area (Å²) in [5.74, 6) is 1.89. The first-order valence-corrected chi connectivity index (χ1v) is 8.93. The Morgan fingerprint density at radius 3 is 2.57 bits per heavy atom. The third-order valence-electron chi connectivity index (χ3n) is 5.13. The monoisotopic (exact) mass is 316 g/mol. The molecule has 0 aromatic carbocycles. The summed E-state index contributed by atoms with van der Waals surface area (Å²) >= 11 is 0. The summed E-state index contributed by atoms with van der Waals surface area (Å²) in [5, 5.41) is 3.21. The van der Waals surface area contributed by atoms with E-state index in [4.69, 9.17) is 0 Å². The molecule has 3 rings (SSSR count). The number of pyridine rings is 1. The molecule has 0 radical (unpaired) electrons. The first-order valence-electron chi connectivity index (χ1n) is 8.93. The van der Waals surface area contributed by atoms with Crippen LogP contribution in [0.5, 0.6) is 0 Å². The lowest BCUT2D eigenvalue weighted by Gasteiger charge is -2.32. The van der Waals surface area contributed by atoms with Gasteiger partial charge in [-0.05, 0) is 63.7 Å². The number of rotatable bonds is 5. The maximum Gasteiger partial charge on any atom is 0.255 e. The molecule has 5 nitrogen and oxygen atoms in total. The van der Waals surface area contributed by atoms with Crippen LogP contribution in [0.3, 0.4) is 0 Å². The first kappa shape index (κ1) is 16.2. The number of aromatic nitrogens is 1. The van der Waals surface area contributed by atoms with E-state index in [1.807, 2.05) is 24.1 Å². The Balaban J connectivity index is 1.54. The SMILES string of the molecule is CNCCC1CCN(C(=O)c2ccc(N3CCCC3)nc2)CC1. The topological polar surface area (TPSA) is 48.5 Å². The van der Waals surface area contributed by atoms with Crippen LogP contribution in [0.2, 0.25) is 0 Å². The second-order valence-electron chi connectivity index (χ2n) is 6.73. The lowest BCUT2D eigenvalue weighted by molar-refractivity contribution is 0.0686. The third kappa shape index (κ3) is 4.02. The van der Waals surface area contributed by atoms with Crippen LogP contribution in [-0.4, -0.2) is 55.6 Å². The van der Waals surface area contributed by atoms with E-state index >= 15 is 0 Å². The number of carbonyl (C=O) groups is 1. The van der Waals surface area contributed by atoms with Crippen molar-refractivity contribution in [2.45, 2.75) is 32.1 Å². The van der Waals surface area contributed by atoms with Crippen molar-refractivity contribution in [2.75, 3.05) is 44.7 Å². The highest BCUT2D eigenvalue weighted by Gasteiger charge is 2.23. The molecule has 126 valence electrons. The molecule has 0 bridgehead atoms. The van der Waals surface area contributed by atoms with Crippen molar-refractivity contribution in [3.8, 4) is 0 Å². The fraction of sp³-hybridized carbons (Fsp3) is 0.667. The van der Waals surface area contributed by atoms with Crippen LogP contribution in [-0.2, 0) is 0 Å². The van der Waals surface area contributed by atoms with Gasteiger partial charge in [0.15, 0.2) is 0 Å². The molecular weight excluding hydrogens is 288 g/mol. The summed E-state index contributed by atoms with van der Waals surface area (Å²) in [4.78, 5) is 21.4. The Morgan fingerprint density at radius 2 is 1.96 bits per heavy atom. The molecule has 0 spiro atoms. The molecule has 1 amide bonds. The average Bonchev–Trinajstić information content (AvgIpc) is 3.14. The van der Waals surface area contributed by atoms with Crippen molar-refractivity contribution in [2.24, 2.45) is 5.92 Å². The second kappa shape index (κ2) is 7.77. The summed E-state index contributed by atoms with van der Waals surface area (Å²) in [6.07, 6.45) is 7.68. The lowest BCUT2D eigenvalue weighted by atomic mass is 9.93. The smallest absolute Gasteiger partial charge is 0.255 e. The van der Waals surface area contributed by atoms with Crippen molar-refractivity contribution in [1.29, 1.82) is 0 Å². The number of anilines is 1. The molecule has 1 N–H and O–H groups in total. The zero-order valence-electron chi connectivity index (χ0n) is 14.1. The standard InChI is InChI=1S/C18H28N4O/c1-19-9-6-15-7-12-22(13-8-15)18(23)16-4-5-17(20-14-16)21-10-2-3-11-21/h4-5,14-15,19H,2-3,6-13H2,1H3. The highest BCUT2D eigenvalue weighted by molar-refractivity contribution is 5.94. The second-order valence-corrected chi connectivity index (χ2v) is 6.73. The van der Waals surface area contributed by atoms with E-state index in [0.717, 1.165) is 62.9 Å². The van der Waals surface area contributed by atoms with Crippen LogP contribution < -0.4 is 10.2 Å². The molecule has 1 aromatic heterocycles. The Labute approximate surface area is 139 Å². The summed E-state index contributed by atoms with van der Waals surface area (Å²) in [6, 6.07) is 3.94. The third-order valence-corrected chi connectivity index (χ3v) is 5.13. The molecule has 2 aliphatic heterocycles. The van der Waals surface area contributed by atoms with Gasteiger partial charge in [0.05, 0.1) is 5.56 Å². The molecular formula is C18H28N4O. The summed E-state index contributed by atoms with van der Waals surface area (Å²) in [6.45, 7) is 4.99. The Kier molecular flexibility index (Phi) is 5.49. The highest BCUT2D eigenvalue weighted by Crippen LogP contribution is 2.22. The van der Waals surface area contributed by atoms with E-state index in [1.165, 1.54) is 19.3 Å². The molecule has 2 aliphatic rings. The van der Waals surface area contributed by atoms with Crippen molar-refractivity contribution in [1.82, 2.24) is 15.2 Å². The van der Waals surface area contributed by atoms with Crippen molar-refractivity contribution in [3.63, 3.8) is 0 Å². The molecule has 23 heavy (non-hydrogen) atoms. The van der Waals surface area contributed by atoms with E-state index in [9.17, 15) is 4.79 Å². The van der Waals surface area contributed by atoms with Gasteiger partial charge in [-0.1, -0.05) is 0 Å². The zero-order valence-corrected chi connectivity index (χ0v) is 14.1. The van der Waals surface area contributed by atoms with E-state index in [0.29, 0.717) is 0 Å². The van der Waals surface area contributed by atoms with Crippen LogP contribution >= 0.6 is 0 Å². The summed E-state index contributed by atoms with van der Waals surface area (Å²) < 4.78 is 0. The van der Waals surface area contributed by atoms with Crippen LogP contribution in [0.4, 0.5) is 5.82 Å². The molecule has 0 aliphatic carbocycles. The number of hydrogen-bond acceptors (Lipinski definition) is 4. The predicted octanol–water partition coefficient (Wildman–Crippen LogP) is 2.14. The molecule has 2 saturated heterocycles. The van der Waals surface area contributed by atoms with Crippen LogP contribution in [0.25, 0.3) is 0 Å². The Hall–Kier alpha value is -1.62. The number of nitrogens with zero attached hydrogens (tertiary/aromatic N) is 3. The van der Waals surface area contributed by atoms with Gasteiger partial charge >= 0.3 is 0 Å². The highest BCUT2D eigenvalue weighted by atomic mass is 16.2. The van der Waals surface area contributed by atoms with Gasteiger partial charge in [-0.15, -0.1) is 0 Å². The van der Waals surface area contributed by atoms with E-state index in [1.54, 1.807) is 6.20 Å². The van der Waals surface area contributed by atoms with Crippen LogP contribution in [0, 0.1) is 5.92 Å². The van der Waals surface area contributed by atoms with Crippen molar-refractivity contribution < 1.29 is 4.79 Å². The zero-order chi connectivity index (χ0) is 16.1. The lowest BCUT2D eigenvalue weighted by Crippen LogP contribution is -2.39. The van der Waals surface area contributed by atoms with Crippen molar-refractivity contribution >= 4 is 11.7 Å². The summed E-state index contributed by atoms with van der Waals surface area (Å²) in [5.41, 5.74) is 0.724. The van der Waals surface area contributed by atoms with Gasteiger partial charge in [-0.2, -0.15) is 0 Å². The van der Waals surface area contributed by atoms with Crippen LogP contribution in [0.15, 0.2) is 18.3 Å². The normalized spacial score (nSPS) is 19.3. The molecule has 2 fully saturated rings. The van der Waals surface area contributed by atoms with Gasteiger partial charge in [-0.25, -0.2) is 4.98 Å².